The van der Waals surface area contributed by atoms with Gasteiger partial charge >= 0.3 is 0 Å². The molecule has 0 N–H and O–H groups in total. The fourth-order valence-corrected chi connectivity index (χ4v) is 6.68. The van der Waals surface area contributed by atoms with Gasteiger partial charge in [0.2, 0.25) is 0 Å². The molecule has 0 atom stereocenters. The third kappa shape index (κ3) is 3.80. The summed E-state index contributed by atoms with van der Waals surface area (Å²) in [5, 5.41) is 4.20. The lowest BCUT2D eigenvalue weighted by molar-refractivity contribution is 0.673. The molecule has 0 bridgehead atoms. The van der Waals surface area contributed by atoms with Crippen molar-refractivity contribution in [3.63, 3.8) is 0 Å². The van der Waals surface area contributed by atoms with Gasteiger partial charge in [-0.05, 0) is 78.9 Å². The summed E-state index contributed by atoms with van der Waals surface area (Å²) >= 11 is 0. The highest BCUT2D eigenvalue weighted by molar-refractivity contribution is 6.24. The molecule has 1 aromatic heterocycles. The van der Waals surface area contributed by atoms with Gasteiger partial charge in [0, 0.05) is 16.2 Å². The maximum absolute atomic E-state index is 9.40. The summed E-state index contributed by atoms with van der Waals surface area (Å²) in [6.07, 6.45) is 0.146. The average molecular weight is 569 g/mol. The van der Waals surface area contributed by atoms with Crippen molar-refractivity contribution in [1.82, 2.24) is 0 Å². The van der Waals surface area contributed by atoms with Crippen molar-refractivity contribution in [2.24, 2.45) is 0 Å². The molecular formula is C43H28O. The van der Waals surface area contributed by atoms with Crippen LogP contribution in [0.4, 0.5) is 0 Å². The average Bonchev–Trinajstić information content (AvgIpc) is 3.57. The Hall–Kier alpha value is -5.66. The fraction of sp³-hybridized carbons (Fsp3) is 0.0233. The lowest BCUT2D eigenvalue weighted by atomic mass is 9.84. The second kappa shape index (κ2) is 9.97. The summed E-state index contributed by atoms with van der Waals surface area (Å²) in [7, 11) is 0. The molecule has 1 heterocycles. The molecular weight excluding hydrogens is 532 g/mol. The summed E-state index contributed by atoms with van der Waals surface area (Å²) in [5.41, 5.74) is 5.19. The van der Waals surface area contributed by atoms with Crippen LogP contribution in [0.5, 0.6) is 0 Å². The first-order chi connectivity index (χ1) is 25.2. The molecule has 9 rings (SSSR count). The second-order valence-electron chi connectivity index (χ2n) is 11.0. The van der Waals surface area contributed by atoms with Crippen LogP contribution in [0.2, 0.25) is 0 Å². The van der Waals surface area contributed by atoms with Crippen LogP contribution in [0.15, 0.2) is 162 Å². The molecule has 0 amide bonds. The van der Waals surface area contributed by atoms with Gasteiger partial charge in [-0.1, -0.05) is 145 Å². The minimum Gasteiger partial charge on any atom is -0.455 e. The van der Waals surface area contributed by atoms with Crippen molar-refractivity contribution in [2.45, 2.75) is 6.42 Å². The van der Waals surface area contributed by atoms with Crippen LogP contribution in [0.1, 0.15) is 22.1 Å². The van der Waals surface area contributed by atoms with E-state index in [-0.39, 0.29) is 52.1 Å². The maximum atomic E-state index is 9.40. The zero-order chi connectivity index (χ0) is 36.0. The van der Waals surface area contributed by atoms with E-state index in [0.717, 1.165) is 32.8 Å². The van der Waals surface area contributed by atoms with Crippen molar-refractivity contribution in [2.75, 3.05) is 0 Å². The molecule has 206 valence electrons. The minimum atomic E-state index is -0.426. The molecule has 0 aliphatic rings. The third-order valence-corrected chi connectivity index (χ3v) is 8.60. The number of hydrogen-bond acceptors (Lipinski definition) is 1. The van der Waals surface area contributed by atoms with Crippen LogP contribution < -0.4 is 0 Å². The molecule has 1 heteroatoms. The Morgan fingerprint density at radius 3 is 1.95 bits per heavy atom. The first-order valence-corrected chi connectivity index (χ1v) is 14.6. The van der Waals surface area contributed by atoms with E-state index in [9.17, 15) is 5.48 Å². The molecule has 0 aliphatic carbocycles. The van der Waals surface area contributed by atoms with E-state index in [2.05, 4.69) is 0 Å². The van der Waals surface area contributed by atoms with Gasteiger partial charge in [0.05, 0.1) is 11.0 Å². The highest BCUT2D eigenvalue weighted by Crippen LogP contribution is 2.46. The van der Waals surface area contributed by atoms with Gasteiger partial charge in [-0.3, -0.25) is 0 Å². The molecule has 0 saturated heterocycles. The van der Waals surface area contributed by atoms with E-state index in [1.807, 2.05) is 103 Å². The summed E-state index contributed by atoms with van der Waals surface area (Å²) in [6.45, 7) is 0. The smallest absolute Gasteiger partial charge is 0.143 e. The highest BCUT2D eigenvalue weighted by Gasteiger charge is 2.20. The molecule has 0 saturated carbocycles. The Morgan fingerprint density at radius 2 is 1.16 bits per heavy atom. The van der Waals surface area contributed by atoms with Crippen LogP contribution in [-0.4, -0.2) is 0 Å². The van der Waals surface area contributed by atoms with E-state index in [1.54, 1.807) is 6.07 Å². The van der Waals surface area contributed by atoms with Gasteiger partial charge in [0.1, 0.15) is 11.2 Å². The Balaban J connectivity index is 1.50. The molecule has 44 heavy (non-hydrogen) atoms. The molecule has 0 spiro atoms. The monoisotopic (exact) mass is 568 g/mol. The molecule has 0 fully saturated rings. The Morgan fingerprint density at radius 1 is 0.500 bits per heavy atom. The van der Waals surface area contributed by atoms with E-state index in [1.165, 1.54) is 0 Å². The van der Waals surface area contributed by atoms with Crippen LogP contribution in [0.3, 0.4) is 0 Å². The molecule has 0 aliphatic heterocycles. The first-order valence-electron chi connectivity index (χ1n) is 18.6. The SMILES string of the molecule is [2H]c1c([2H])c([2H])c2c(-c3cccc4oc5c6ccccc6ccc5c34)c3c([2H])c([2H])c([2H])c([2H])c3c(Cc3ccccc3-c3ccccc3)c2c1[2H]. The topological polar surface area (TPSA) is 13.1 Å². The number of fused-ring (bicyclic) bond motifs is 7. The third-order valence-electron chi connectivity index (χ3n) is 8.60. The Bertz CT molecular complexity index is 2890. The van der Waals surface area contributed by atoms with Gasteiger partial charge in [-0.2, -0.15) is 0 Å². The quantitative estimate of drug-likeness (QED) is 0.192. The van der Waals surface area contributed by atoms with Crippen LogP contribution in [0.25, 0.3) is 76.5 Å². The lowest BCUT2D eigenvalue weighted by Gasteiger charge is -2.19. The summed E-state index contributed by atoms with van der Waals surface area (Å²) < 4.78 is 79.3. The molecule has 0 radical (unpaired) electrons. The van der Waals surface area contributed by atoms with E-state index in [4.69, 9.17) is 9.90 Å². The number of rotatable bonds is 4. The Labute approximate surface area is 266 Å². The summed E-state index contributed by atoms with van der Waals surface area (Å²) in [4.78, 5) is 0. The summed E-state index contributed by atoms with van der Waals surface area (Å²) in [5.74, 6) is 0. The van der Waals surface area contributed by atoms with Crippen molar-refractivity contribution in [3.05, 3.63) is 169 Å². The molecule has 8 aromatic carbocycles. The van der Waals surface area contributed by atoms with Crippen molar-refractivity contribution in [1.29, 1.82) is 0 Å². The number of hydrogen-bond donors (Lipinski definition) is 0. The molecule has 9 aromatic rings. The maximum Gasteiger partial charge on any atom is 0.143 e. The Kier molecular flexibility index (Phi) is 4.10. The highest BCUT2D eigenvalue weighted by atomic mass is 16.3. The number of benzene rings is 8. The van der Waals surface area contributed by atoms with Crippen molar-refractivity contribution < 1.29 is 15.4 Å². The van der Waals surface area contributed by atoms with Gasteiger partial charge in [0.15, 0.2) is 0 Å². The molecule has 0 unspecified atom stereocenters. The second-order valence-corrected chi connectivity index (χ2v) is 11.0. The largest absolute Gasteiger partial charge is 0.455 e. The van der Waals surface area contributed by atoms with Crippen LogP contribution in [-0.2, 0) is 6.42 Å². The van der Waals surface area contributed by atoms with Crippen LogP contribution >= 0.6 is 0 Å². The predicted octanol–water partition coefficient (Wildman–Crippen LogP) is 12.0. The van der Waals surface area contributed by atoms with Crippen LogP contribution in [0, 0.1) is 0 Å². The normalized spacial score (nSPS) is 14.3. The van der Waals surface area contributed by atoms with Gasteiger partial charge in [-0.15, -0.1) is 0 Å². The van der Waals surface area contributed by atoms with E-state index >= 15 is 0 Å². The van der Waals surface area contributed by atoms with E-state index in [0.29, 0.717) is 33.2 Å². The fourth-order valence-electron chi connectivity index (χ4n) is 6.68. The van der Waals surface area contributed by atoms with Crippen molar-refractivity contribution >= 4 is 54.3 Å². The van der Waals surface area contributed by atoms with Crippen molar-refractivity contribution in [3.8, 4) is 22.3 Å². The minimum absolute atomic E-state index is 0.146. The number of furan rings is 1. The predicted molar refractivity (Wildman–Crippen MR) is 186 cm³/mol. The standard InChI is InChI=1S/C43H28O/c1-2-13-28(14-3-1)31-17-6-5-16-30(31)27-39-33-19-8-10-21-35(33)41(36-22-11-9-20-34(36)39)37-23-12-24-40-42(37)38-26-25-29-15-4-7-18-32(29)43(38)44-40/h1-26H,27H2/i8D,9D,10D,11D,19D,20D,21D,22D. The zero-order valence-corrected chi connectivity index (χ0v) is 23.5. The summed E-state index contributed by atoms with van der Waals surface area (Å²) in [6, 6.07) is 32.2. The first kappa shape index (κ1) is 18.1. The van der Waals surface area contributed by atoms with E-state index < -0.39 is 24.2 Å². The van der Waals surface area contributed by atoms with Gasteiger partial charge in [0.25, 0.3) is 0 Å². The molecule has 1 nitrogen and oxygen atoms in total. The van der Waals surface area contributed by atoms with Gasteiger partial charge in [-0.25, -0.2) is 0 Å². The lowest BCUT2D eigenvalue weighted by Crippen LogP contribution is -1.97. The zero-order valence-electron chi connectivity index (χ0n) is 31.5. The van der Waals surface area contributed by atoms with Gasteiger partial charge < -0.3 is 4.42 Å².